The van der Waals surface area contributed by atoms with Crippen LogP contribution in [0.4, 0.5) is 0 Å². The SMILES string of the molecule is CCCN(Cc1nccn1C)C(C)C(=O)N1CCCC1. The lowest BCUT2D eigenvalue weighted by Gasteiger charge is -2.30. The fraction of sp³-hybridized carbons (Fsp3) is 0.733. The van der Waals surface area contributed by atoms with Gasteiger partial charge in [-0.25, -0.2) is 4.98 Å². The number of carbonyl (C=O) groups excluding carboxylic acids is 1. The van der Waals surface area contributed by atoms with Gasteiger partial charge in [-0.2, -0.15) is 0 Å². The summed E-state index contributed by atoms with van der Waals surface area (Å²) in [6, 6.07) is -0.0650. The molecule has 5 heteroatoms. The molecule has 0 aromatic carbocycles. The van der Waals surface area contributed by atoms with Crippen LogP contribution in [0.15, 0.2) is 12.4 Å². The molecule has 0 radical (unpaired) electrons. The van der Waals surface area contributed by atoms with Crippen LogP contribution in [0.1, 0.15) is 38.9 Å². The van der Waals surface area contributed by atoms with Crippen molar-refractivity contribution in [2.75, 3.05) is 19.6 Å². The monoisotopic (exact) mass is 278 g/mol. The normalized spacial score (nSPS) is 16.9. The predicted octanol–water partition coefficient (Wildman–Crippen LogP) is 1.64. The second kappa shape index (κ2) is 6.88. The summed E-state index contributed by atoms with van der Waals surface area (Å²) >= 11 is 0. The summed E-state index contributed by atoms with van der Waals surface area (Å²) in [5.74, 6) is 1.28. The van der Waals surface area contributed by atoms with Crippen molar-refractivity contribution >= 4 is 5.91 Å². The van der Waals surface area contributed by atoms with Crippen molar-refractivity contribution in [1.82, 2.24) is 19.4 Å². The third-order valence-corrected chi connectivity index (χ3v) is 4.10. The Bertz CT molecular complexity index is 437. The van der Waals surface area contributed by atoms with Gasteiger partial charge in [-0.1, -0.05) is 6.92 Å². The van der Waals surface area contributed by atoms with Gasteiger partial charge in [0.05, 0.1) is 12.6 Å². The molecule has 112 valence electrons. The number of likely N-dealkylation sites (tertiary alicyclic amines) is 1. The summed E-state index contributed by atoms with van der Waals surface area (Å²) < 4.78 is 2.02. The smallest absolute Gasteiger partial charge is 0.239 e. The van der Waals surface area contributed by atoms with Crippen molar-refractivity contribution in [3.63, 3.8) is 0 Å². The lowest BCUT2D eigenvalue weighted by atomic mass is 10.2. The Hall–Kier alpha value is -1.36. The lowest BCUT2D eigenvalue weighted by molar-refractivity contribution is -0.135. The maximum absolute atomic E-state index is 12.5. The number of hydrogen-bond acceptors (Lipinski definition) is 3. The molecule has 0 saturated carbocycles. The lowest BCUT2D eigenvalue weighted by Crippen LogP contribution is -2.46. The van der Waals surface area contributed by atoms with Crippen LogP contribution in [-0.4, -0.2) is 50.9 Å². The Morgan fingerprint density at radius 2 is 2.15 bits per heavy atom. The van der Waals surface area contributed by atoms with Gasteiger partial charge in [0, 0.05) is 32.5 Å². The number of aromatic nitrogens is 2. The maximum Gasteiger partial charge on any atom is 0.239 e. The zero-order valence-electron chi connectivity index (χ0n) is 12.9. The molecule has 20 heavy (non-hydrogen) atoms. The van der Waals surface area contributed by atoms with Crippen LogP contribution in [0.2, 0.25) is 0 Å². The zero-order valence-corrected chi connectivity index (χ0v) is 12.9. The Kier molecular flexibility index (Phi) is 5.17. The van der Waals surface area contributed by atoms with Gasteiger partial charge in [-0.15, -0.1) is 0 Å². The molecule has 0 aliphatic carbocycles. The average Bonchev–Trinajstić information content (AvgIpc) is 3.09. The molecule has 1 aliphatic heterocycles. The largest absolute Gasteiger partial charge is 0.341 e. The number of nitrogens with zero attached hydrogens (tertiary/aromatic N) is 4. The molecule has 2 heterocycles. The predicted molar refractivity (Wildman–Crippen MR) is 79.2 cm³/mol. The molecule has 2 rings (SSSR count). The molecule has 1 amide bonds. The van der Waals surface area contributed by atoms with E-state index in [-0.39, 0.29) is 11.9 Å². The third kappa shape index (κ3) is 3.39. The fourth-order valence-corrected chi connectivity index (χ4v) is 2.79. The molecule has 1 unspecified atom stereocenters. The standard InChI is InChI=1S/C15H26N4O/c1-4-8-19(12-14-16-7-11-17(14)3)13(2)15(20)18-9-5-6-10-18/h7,11,13H,4-6,8-10,12H2,1-3H3. The van der Waals surface area contributed by atoms with Gasteiger partial charge in [-0.05, 0) is 32.7 Å². The van der Waals surface area contributed by atoms with E-state index in [1.165, 1.54) is 0 Å². The minimum absolute atomic E-state index is 0.0650. The molecular formula is C15H26N4O. The minimum Gasteiger partial charge on any atom is -0.341 e. The molecule has 1 aromatic heterocycles. The highest BCUT2D eigenvalue weighted by atomic mass is 16.2. The van der Waals surface area contributed by atoms with Gasteiger partial charge in [0.2, 0.25) is 5.91 Å². The molecule has 0 N–H and O–H groups in total. The van der Waals surface area contributed by atoms with Crippen LogP contribution in [0, 0.1) is 0 Å². The van der Waals surface area contributed by atoms with Gasteiger partial charge >= 0.3 is 0 Å². The zero-order chi connectivity index (χ0) is 14.5. The average molecular weight is 278 g/mol. The van der Waals surface area contributed by atoms with Gasteiger partial charge in [0.1, 0.15) is 5.82 Å². The first-order valence-electron chi connectivity index (χ1n) is 7.62. The van der Waals surface area contributed by atoms with Gasteiger partial charge in [0.25, 0.3) is 0 Å². The molecule has 1 saturated heterocycles. The number of imidazole rings is 1. The van der Waals surface area contributed by atoms with Gasteiger partial charge in [-0.3, -0.25) is 9.69 Å². The van der Waals surface area contributed by atoms with Crippen LogP contribution in [-0.2, 0) is 18.4 Å². The van der Waals surface area contributed by atoms with Crippen LogP contribution < -0.4 is 0 Å². The van der Waals surface area contributed by atoms with Crippen molar-refractivity contribution < 1.29 is 4.79 Å². The van der Waals surface area contributed by atoms with E-state index >= 15 is 0 Å². The first kappa shape index (κ1) is 15.0. The van der Waals surface area contributed by atoms with Gasteiger partial charge < -0.3 is 9.47 Å². The van der Waals surface area contributed by atoms with Gasteiger partial charge in [0.15, 0.2) is 0 Å². The number of aryl methyl sites for hydroxylation is 1. The first-order valence-corrected chi connectivity index (χ1v) is 7.62. The fourth-order valence-electron chi connectivity index (χ4n) is 2.79. The topological polar surface area (TPSA) is 41.4 Å². The quantitative estimate of drug-likeness (QED) is 0.794. The van der Waals surface area contributed by atoms with Crippen LogP contribution in [0.25, 0.3) is 0 Å². The van der Waals surface area contributed by atoms with Crippen LogP contribution in [0.5, 0.6) is 0 Å². The summed E-state index contributed by atoms with van der Waals surface area (Å²) in [4.78, 5) is 21.2. The Balaban J connectivity index is 2.03. The molecule has 1 aliphatic rings. The van der Waals surface area contributed by atoms with Crippen LogP contribution in [0.3, 0.4) is 0 Å². The molecule has 1 fully saturated rings. The van der Waals surface area contributed by atoms with Crippen molar-refractivity contribution in [3.8, 4) is 0 Å². The summed E-state index contributed by atoms with van der Waals surface area (Å²) in [5, 5.41) is 0. The second-order valence-electron chi connectivity index (χ2n) is 5.63. The van der Waals surface area contributed by atoms with Crippen molar-refractivity contribution in [2.45, 2.75) is 45.7 Å². The van der Waals surface area contributed by atoms with E-state index in [0.717, 1.165) is 51.3 Å². The number of hydrogen-bond donors (Lipinski definition) is 0. The maximum atomic E-state index is 12.5. The van der Waals surface area contributed by atoms with E-state index in [0.29, 0.717) is 0 Å². The van der Waals surface area contributed by atoms with E-state index in [9.17, 15) is 4.79 Å². The highest BCUT2D eigenvalue weighted by molar-refractivity contribution is 5.81. The summed E-state index contributed by atoms with van der Waals surface area (Å²) in [5.41, 5.74) is 0. The van der Waals surface area contributed by atoms with E-state index in [2.05, 4.69) is 16.8 Å². The van der Waals surface area contributed by atoms with Crippen molar-refractivity contribution in [3.05, 3.63) is 18.2 Å². The first-order chi connectivity index (χ1) is 9.63. The summed E-state index contributed by atoms with van der Waals surface area (Å²) in [6.45, 7) is 7.68. The number of rotatable bonds is 6. The van der Waals surface area contributed by atoms with E-state index in [1.54, 1.807) is 0 Å². The highest BCUT2D eigenvalue weighted by Crippen LogP contribution is 2.14. The molecular weight excluding hydrogens is 252 g/mol. The van der Waals surface area contributed by atoms with Crippen molar-refractivity contribution in [2.24, 2.45) is 7.05 Å². The highest BCUT2D eigenvalue weighted by Gasteiger charge is 2.27. The Morgan fingerprint density at radius 3 is 2.70 bits per heavy atom. The van der Waals surface area contributed by atoms with E-state index in [1.807, 2.05) is 35.8 Å². The Labute approximate surface area is 121 Å². The molecule has 1 aromatic rings. The molecule has 1 atom stereocenters. The van der Waals surface area contributed by atoms with E-state index < -0.39 is 0 Å². The summed E-state index contributed by atoms with van der Waals surface area (Å²) in [6.07, 6.45) is 7.10. The molecule has 5 nitrogen and oxygen atoms in total. The van der Waals surface area contributed by atoms with Crippen molar-refractivity contribution in [1.29, 1.82) is 0 Å². The summed E-state index contributed by atoms with van der Waals surface area (Å²) in [7, 11) is 2.00. The number of carbonyl (C=O) groups is 1. The molecule has 0 bridgehead atoms. The number of amides is 1. The van der Waals surface area contributed by atoms with Crippen LogP contribution >= 0.6 is 0 Å². The van der Waals surface area contributed by atoms with E-state index in [4.69, 9.17) is 0 Å². The molecule has 0 spiro atoms. The Morgan fingerprint density at radius 1 is 1.45 bits per heavy atom. The second-order valence-corrected chi connectivity index (χ2v) is 5.63. The third-order valence-electron chi connectivity index (χ3n) is 4.10. The minimum atomic E-state index is -0.0650.